The first-order chi connectivity index (χ1) is 9.30. The maximum Gasteiger partial charge on any atom is 0.462 e. The molecule has 0 unspecified atom stereocenters. The largest absolute Gasteiger partial charge is 0.462 e. The number of furan rings is 1. The van der Waals surface area contributed by atoms with Crippen LogP contribution in [0.15, 0.2) is 28.7 Å². The molecule has 0 spiro atoms. The summed E-state index contributed by atoms with van der Waals surface area (Å²) in [5.74, 6) is 0. The number of rotatable bonds is 2. The Hall–Kier alpha value is -0.965. The molecule has 106 valence electrons. The predicted molar refractivity (Wildman–Crippen MR) is 81.0 cm³/mol. The minimum absolute atomic E-state index is 0.307. The zero-order valence-electron chi connectivity index (χ0n) is 12.2. The van der Waals surface area contributed by atoms with Gasteiger partial charge < -0.3 is 13.7 Å². The van der Waals surface area contributed by atoms with Crippen molar-refractivity contribution in [2.45, 2.75) is 45.2 Å². The van der Waals surface area contributed by atoms with Gasteiger partial charge in [-0.2, -0.15) is 0 Å². The molecule has 5 heteroatoms. The summed E-state index contributed by atoms with van der Waals surface area (Å²) < 4.78 is 17.6. The average molecular weight is 293 g/mol. The molecule has 3 rings (SSSR count). The topological polar surface area (TPSA) is 31.6 Å². The molecule has 0 bridgehead atoms. The molecule has 20 heavy (non-hydrogen) atoms. The van der Waals surface area contributed by atoms with Gasteiger partial charge in [0.15, 0.2) is 5.22 Å². The van der Waals surface area contributed by atoms with Crippen LogP contribution in [-0.4, -0.2) is 18.3 Å². The Balaban J connectivity index is 1.90. The molecule has 0 aliphatic carbocycles. The van der Waals surface area contributed by atoms with Crippen LogP contribution in [-0.2, 0) is 15.6 Å². The SMILES string of the molecule is CC1(C)OB(Cc2c(Cl)oc3ccccc23)OC1(C)C. The quantitative estimate of drug-likeness (QED) is 0.775. The second-order valence-corrected chi connectivity index (χ2v) is 6.58. The summed E-state index contributed by atoms with van der Waals surface area (Å²) in [6.07, 6.45) is 0.586. The maximum atomic E-state index is 6.21. The van der Waals surface area contributed by atoms with Gasteiger partial charge in [-0.3, -0.25) is 0 Å². The van der Waals surface area contributed by atoms with E-state index in [0.29, 0.717) is 11.5 Å². The monoisotopic (exact) mass is 292 g/mol. The fourth-order valence-corrected chi connectivity index (χ4v) is 2.74. The lowest BCUT2D eigenvalue weighted by molar-refractivity contribution is 0.00578. The summed E-state index contributed by atoms with van der Waals surface area (Å²) in [7, 11) is -0.307. The van der Waals surface area contributed by atoms with Crippen molar-refractivity contribution in [3.63, 3.8) is 0 Å². The van der Waals surface area contributed by atoms with E-state index in [1.807, 2.05) is 52.0 Å². The maximum absolute atomic E-state index is 6.21. The Morgan fingerprint density at radius 3 is 2.30 bits per heavy atom. The van der Waals surface area contributed by atoms with Crippen LogP contribution < -0.4 is 0 Å². The minimum atomic E-state index is -0.330. The van der Waals surface area contributed by atoms with E-state index in [2.05, 4.69) is 0 Å². The van der Waals surface area contributed by atoms with Crippen LogP contribution in [0.25, 0.3) is 11.0 Å². The molecule has 0 amide bonds. The molecular formula is C15H18BClO3. The number of fused-ring (bicyclic) bond motifs is 1. The first kappa shape index (κ1) is 14.0. The van der Waals surface area contributed by atoms with Crippen molar-refractivity contribution in [1.82, 2.24) is 0 Å². The molecule has 0 radical (unpaired) electrons. The van der Waals surface area contributed by atoms with E-state index in [0.717, 1.165) is 16.5 Å². The fourth-order valence-electron chi connectivity index (χ4n) is 2.47. The molecule has 1 aliphatic rings. The standard InChI is InChI=1S/C15H18BClO3/c1-14(2)15(3,4)20-16(19-14)9-11-10-7-5-6-8-12(10)18-13(11)17/h5-8H,9H2,1-4H3. The Bertz CT molecular complexity index is 632. The van der Waals surface area contributed by atoms with Gasteiger partial charge in [-0.15, -0.1) is 0 Å². The van der Waals surface area contributed by atoms with Crippen LogP contribution in [0.5, 0.6) is 0 Å². The summed E-state index contributed by atoms with van der Waals surface area (Å²) in [6, 6.07) is 7.82. The highest BCUT2D eigenvalue weighted by atomic mass is 35.5. The summed E-state index contributed by atoms with van der Waals surface area (Å²) in [6.45, 7) is 8.17. The number of benzene rings is 1. The molecule has 1 aromatic carbocycles. The molecule has 2 heterocycles. The molecular weight excluding hydrogens is 274 g/mol. The van der Waals surface area contributed by atoms with Crippen molar-refractivity contribution in [2.75, 3.05) is 0 Å². The highest BCUT2D eigenvalue weighted by molar-refractivity contribution is 6.46. The summed E-state index contributed by atoms with van der Waals surface area (Å²) in [5.41, 5.74) is 1.08. The van der Waals surface area contributed by atoms with E-state index in [4.69, 9.17) is 25.3 Å². The Kier molecular flexibility index (Phi) is 3.16. The zero-order valence-corrected chi connectivity index (χ0v) is 13.0. The Labute approximate surface area is 124 Å². The molecule has 1 fully saturated rings. The number of hydrogen-bond acceptors (Lipinski definition) is 3. The van der Waals surface area contributed by atoms with E-state index in [1.165, 1.54) is 0 Å². The fraction of sp³-hybridized carbons (Fsp3) is 0.467. The number of hydrogen-bond donors (Lipinski definition) is 0. The molecule has 0 atom stereocenters. The number of halogens is 1. The third-order valence-electron chi connectivity index (χ3n) is 4.32. The van der Waals surface area contributed by atoms with Gasteiger partial charge in [0, 0.05) is 17.3 Å². The first-order valence-corrected chi connectivity index (χ1v) is 7.19. The van der Waals surface area contributed by atoms with E-state index in [-0.39, 0.29) is 18.3 Å². The van der Waals surface area contributed by atoms with Crippen molar-refractivity contribution in [1.29, 1.82) is 0 Å². The third-order valence-corrected chi connectivity index (χ3v) is 4.63. The summed E-state index contributed by atoms with van der Waals surface area (Å²) in [5, 5.41) is 1.44. The molecule has 0 N–H and O–H groups in total. The van der Waals surface area contributed by atoms with E-state index >= 15 is 0 Å². The molecule has 1 aliphatic heterocycles. The van der Waals surface area contributed by atoms with Crippen molar-refractivity contribution in [2.24, 2.45) is 0 Å². The zero-order chi connectivity index (χ0) is 14.5. The van der Waals surface area contributed by atoms with Crippen LogP contribution >= 0.6 is 11.6 Å². The van der Waals surface area contributed by atoms with Gasteiger partial charge in [-0.25, -0.2) is 0 Å². The van der Waals surface area contributed by atoms with Gasteiger partial charge in [-0.05, 0) is 45.4 Å². The Morgan fingerprint density at radius 2 is 1.65 bits per heavy atom. The molecule has 1 aromatic heterocycles. The van der Waals surface area contributed by atoms with Gasteiger partial charge >= 0.3 is 7.12 Å². The van der Waals surface area contributed by atoms with Crippen LogP contribution in [0, 0.1) is 0 Å². The van der Waals surface area contributed by atoms with E-state index in [1.54, 1.807) is 0 Å². The lowest BCUT2D eigenvalue weighted by Gasteiger charge is -2.32. The van der Waals surface area contributed by atoms with Crippen LogP contribution in [0.3, 0.4) is 0 Å². The normalized spacial score (nSPS) is 20.8. The third kappa shape index (κ3) is 2.16. The highest BCUT2D eigenvalue weighted by Gasteiger charge is 2.51. The summed E-state index contributed by atoms with van der Waals surface area (Å²) in [4.78, 5) is 0. The van der Waals surface area contributed by atoms with Crippen molar-refractivity contribution < 1.29 is 13.7 Å². The van der Waals surface area contributed by atoms with Crippen LogP contribution in [0.4, 0.5) is 0 Å². The smallest absolute Gasteiger partial charge is 0.444 e. The van der Waals surface area contributed by atoms with Crippen molar-refractivity contribution in [3.05, 3.63) is 35.0 Å². The van der Waals surface area contributed by atoms with Gasteiger partial charge in [-0.1, -0.05) is 18.2 Å². The first-order valence-electron chi connectivity index (χ1n) is 6.82. The highest BCUT2D eigenvalue weighted by Crippen LogP contribution is 2.39. The lowest BCUT2D eigenvalue weighted by Crippen LogP contribution is -2.41. The second kappa shape index (κ2) is 4.52. The molecule has 2 aromatic rings. The Morgan fingerprint density at radius 1 is 1.05 bits per heavy atom. The average Bonchev–Trinajstić information content (AvgIpc) is 2.75. The van der Waals surface area contributed by atoms with Crippen molar-refractivity contribution >= 4 is 29.7 Å². The van der Waals surface area contributed by atoms with E-state index < -0.39 is 0 Å². The van der Waals surface area contributed by atoms with Gasteiger partial charge in [0.1, 0.15) is 5.58 Å². The number of para-hydroxylation sites is 1. The second-order valence-electron chi connectivity index (χ2n) is 6.24. The van der Waals surface area contributed by atoms with Crippen LogP contribution in [0.1, 0.15) is 33.3 Å². The predicted octanol–water partition coefficient (Wildman–Crippen LogP) is 4.26. The van der Waals surface area contributed by atoms with Gasteiger partial charge in [0.2, 0.25) is 0 Å². The molecule has 0 saturated carbocycles. The van der Waals surface area contributed by atoms with Crippen molar-refractivity contribution in [3.8, 4) is 0 Å². The molecule has 3 nitrogen and oxygen atoms in total. The van der Waals surface area contributed by atoms with Gasteiger partial charge in [0.25, 0.3) is 0 Å². The summed E-state index contributed by atoms with van der Waals surface area (Å²) >= 11 is 6.21. The van der Waals surface area contributed by atoms with Gasteiger partial charge in [0.05, 0.1) is 11.2 Å². The minimum Gasteiger partial charge on any atom is -0.444 e. The molecule has 1 saturated heterocycles. The van der Waals surface area contributed by atoms with Crippen LogP contribution in [0.2, 0.25) is 5.22 Å². The van der Waals surface area contributed by atoms with E-state index in [9.17, 15) is 0 Å². The lowest BCUT2D eigenvalue weighted by atomic mass is 9.80.